The number of fused-ring (bicyclic) bond motifs is 1. The number of esters is 1. The summed E-state index contributed by atoms with van der Waals surface area (Å²) in [7, 11) is 0. The van der Waals surface area contributed by atoms with Gasteiger partial charge in [-0.3, -0.25) is 9.59 Å². The van der Waals surface area contributed by atoms with Crippen molar-refractivity contribution in [1.29, 1.82) is 0 Å². The van der Waals surface area contributed by atoms with Gasteiger partial charge in [0.15, 0.2) is 12.3 Å². The monoisotopic (exact) mass is 461 g/mol. The Hall–Kier alpha value is -3.07. The lowest BCUT2D eigenvalue weighted by Crippen LogP contribution is -2.29. The van der Waals surface area contributed by atoms with Crippen LogP contribution in [0, 0.1) is 5.82 Å². The number of aromatic nitrogens is 2. The predicted molar refractivity (Wildman–Crippen MR) is 109 cm³/mol. The molecule has 150 valence electrons. The van der Waals surface area contributed by atoms with Crippen molar-refractivity contribution in [2.75, 3.05) is 11.9 Å². The highest BCUT2D eigenvalue weighted by Crippen LogP contribution is 2.19. The second-order valence-corrected chi connectivity index (χ2v) is 7.40. The van der Waals surface area contributed by atoms with Gasteiger partial charge in [-0.25, -0.2) is 13.9 Å². The van der Waals surface area contributed by atoms with Crippen LogP contribution in [0.3, 0.4) is 0 Å². The number of anilines is 1. The van der Waals surface area contributed by atoms with E-state index in [-0.39, 0.29) is 23.0 Å². The van der Waals surface area contributed by atoms with Gasteiger partial charge in [-0.1, -0.05) is 34.1 Å². The summed E-state index contributed by atoms with van der Waals surface area (Å²) in [5, 5.41) is 7.11. The van der Waals surface area contributed by atoms with E-state index in [0.717, 1.165) is 0 Å². The zero-order valence-corrected chi connectivity index (χ0v) is 17.2. The third kappa shape index (κ3) is 4.51. The third-order valence-electron chi connectivity index (χ3n) is 4.05. The van der Waals surface area contributed by atoms with E-state index in [9.17, 15) is 18.8 Å². The van der Waals surface area contributed by atoms with Crippen LogP contribution in [0.25, 0.3) is 10.8 Å². The van der Waals surface area contributed by atoms with Crippen molar-refractivity contribution < 1.29 is 18.7 Å². The van der Waals surface area contributed by atoms with E-state index in [4.69, 9.17) is 4.74 Å². The van der Waals surface area contributed by atoms with E-state index < -0.39 is 24.3 Å². The molecule has 0 aliphatic rings. The van der Waals surface area contributed by atoms with Crippen molar-refractivity contribution >= 4 is 44.3 Å². The number of hydrogen-bond donors (Lipinski definition) is 1. The molecule has 0 saturated heterocycles. The van der Waals surface area contributed by atoms with Crippen molar-refractivity contribution in [2.24, 2.45) is 0 Å². The molecule has 2 aromatic carbocycles. The van der Waals surface area contributed by atoms with Gasteiger partial charge in [0.1, 0.15) is 5.82 Å². The fourth-order valence-electron chi connectivity index (χ4n) is 2.68. The van der Waals surface area contributed by atoms with Gasteiger partial charge in [0, 0.05) is 9.86 Å². The molecule has 9 heteroatoms. The molecule has 0 unspecified atom stereocenters. The highest BCUT2D eigenvalue weighted by molar-refractivity contribution is 9.10. The molecule has 1 N–H and O–H groups in total. The minimum absolute atomic E-state index is 0.0359. The molecule has 3 rings (SSSR count). The summed E-state index contributed by atoms with van der Waals surface area (Å²) in [6.07, 6.45) is 0. The number of carbonyl (C=O) groups is 2. The Morgan fingerprint density at radius 3 is 2.55 bits per heavy atom. The van der Waals surface area contributed by atoms with Crippen LogP contribution in [-0.4, -0.2) is 28.3 Å². The van der Waals surface area contributed by atoms with Crippen molar-refractivity contribution in [3.05, 3.63) is 68.8 Å². The Labute approximate surface area is 173 Å². The van der Waals surface area contributed by atoms with Crippen LogP contribution < -0.4 is 10.9 Å². The summed E-state index contributed by atoms with van der Waals surface area (Å²) in [4.78, 5) is 37.1. The molecule has 0 saturated carbocycles. The zero-order chi connectivity index (χ0) is 21.1. The van der Waals surface area contributed by atoms with Crippen molar-refractivity contribution in [3.63, 3.8) is 0 Å². The van der Waals surface area contributed by atoms with Crippen LogP contribution in [0.5, 0.6) is 0 Å². The first-order chi connectivity index (χ1) is 13.8. The summed E-state index contributed by atoms with van der Waals surface area (Å²) in [6.45, 7) is 2.89. The Kier molecular flexibility index (Phi) is 6.07. The number of carbonyl (C=O) groups excluding carboxylic acids is 2. The lowest BCUT2D eigenvalue weighted by Gasteiger charge is -2.13. The molecule has 0 aliphatic heterocycles. The lowest BCUT2D eigenvalue weighted by atomic mass is 10.1. The fraction of sp³-hybridized carbons (Fsp3) is 0.200. The van der Waals surface area contributed by atoms with Gasteiger partial charge in [-0.15, -0.1) is 0 Å². The predicted octanol–water partition coefficient (Wildman–Crippen LogP) is 3.67. The molecule has 0 bridgehead atoms. The molecule has 7 nitrogen and oxygen atoms in total. The summed E-state index contributed by atoms with van der Waals surface area (Å²) >= 11 is 3.13. The number of hydrogen-bond acceptors (Lipinski definition) is 5. The quantitative estimate of drug-likeness (QED) is 0.585. The first-order valence-electron chi connectivity index (χ1n) is 8.71. The SMILES string of the molecule is CC(C)n1nc(C(=O)OCC(=O)Nc2ccc(Br)cc2F)c2ccccc2c1=O. The maximum atomic E-state index is 13.8. The Morgan fingerprint density at radius 2 is 1.90 bits per heavy atom. The van der Waals surface area contributed by atoms with E-state index in [2.05, 4.69) is 26.3 Å². The van der Waals surface area contributed by atoms with Gasteiger partial charge in [-0.2, -0.15) is 5.10 Å². The number of ether oxygens (including phenoxy) is 1. The topological polar surface area (TPSA) is 90.3 Å². The maximum absolute atomic E-state index is 13.8. The molecule has 0 fully saturated rings. The summed E-state index contributed by atoms with van der Waals surface area (Å²) in [5.41, 5.74) is -0.432. The Morgan fingerprint density at radius 1 is 1.21 bits per heavy atom. The Balaban J connectivity index is 1.80. The van der Waals surface area contributed by atoms with Gasteiger partial charge in [0.25, 0.3) is 11.5 Å². The highest BCUT2D eigenvalue weighted by Gasteiger charge is 2.20. The minimum Gasteiger partial charge on any atom is -0.451 e. The molecule has 0 aliphatic carbocycles. The average Bonchev–Trinajstić information content (AvgIpc) is 2.68. The molecule has 0 spiro atoms. The zero-order valence-electron chi connectivity index (χ0n) is 15.6. The number of benzene rings is 2. The Bertz CT molecular complexity index is 1160. The summed E-state index contributed by atoms with van der Waals surface area (Å²) in [6, 6.07) is 10.4. The van der Waals surface area contributed by atoms with Crippen LogP contribution in [0.1, 0.15) is 30.4 Å². The number of amides is 1. The van der Waals surface area contributed by atoms with Crippen LogP contribution in [-0.2, 0) is 9.53 Å². The van der Waals surface area contributed by atoms with Crippen LogP contribution in [0.4, 0.5) is 10.1 Å². The van der Waals surface area contributed by atoms with Gasteiger partial charge in [-0.05, 0) is 38.1 Å². The van der Waals surface area contributed by atoms with Gasteiger partial charge < -0.3 is 10.1 Å². The molecule has 1 heterocycles. The largest absolute Gasteiger partial charge is 0.451 e. The van der Waals surface area contributed by atoms with Crippen LogP contribution in [0.15, 0.2) is 51.7 Å². The average molecular weight is 462 g/mol. The van der Waals surface area contributed by atoms with Crippen molar-refractivity contribution in [3.8, 4) is 0 Å². The standard InChI is InChI=1S/C20H17BrFN3O4/c1-11(2)25-19(27)14-6-4-3-5-13(14)18(24-25)20(28)29-10-17(26)23-16-8-7-12(21)9-15(16)22/h3-9,11H,10H2,1-2H3,(H,23,26). The van der Waals surface area contributed by atoms with E-state index in [1.807, 2.05) is 0 Å². The normalized spacial score (nSPS) is 10.9. The van der Waals surface area contributed by atoms with E-state index in [1.54, 1.807) is 44.2 Å². The molecule has 0 radical (unpaired) electrons. The van der Waals surface area contributed by atoms with E-state index in [1.165, 1.54) is 16.8 Å². The van der Waals surface area contributed by atoms with Gasteiger partial charge in [0.05, 0.1) is 17.1 Å². The van der Waals surface area contributed by atoms with Crippen LogP contribution >= 0.6 is 15.9 Å². The van der Waals surface area contributed by atoms with Crippen molar-refractivity contribution in [2.45, 2.75) is 19.9 Å². The summed E-state index contributed by atoms with van der Waals surface area (Å²) in [5.74, 6) is -2.20. The number of nitrogens with zero attached hydrogens (tertiary/aromatic N) is 2. The van der Waals surface area contributed by atoms with Crippen molar-refractivity contribution in [1.82, 2.24) is 9.78 Å². The van der Waals surface area contributed by atoms with Gasteiger partial charge >= 0.3 is 5.97 Å². The first-order valence-corrected chi connectivity index (χ1v) is 9.51. The number of nitrogens with one attached hydrogen (secondary N) is 1. The number of halogens is 2. The molecular weight excluding hydrogens is 445 g/mol. The fourth-order valence-corrected chi connectivity index (χ4v) is 3.02. The second kappa shape index (κ2) is 8.52. The third-order valence-corrected chi connectivity index (χ3v) is 4.54. The first kappa shape index (κ1) is 20.7. The number of rotatable bonds is 5. The molecule has 1 aromatic heterocycles. The van der Waals surface area contributed by atoms with Crippen LogP contribution in [0.2, 0.25) is 0 Å². The van der Waals surface area contributed by atoms with E-state index in [0.29, 0.717) is 15.2 Å². The second-order valence-electron chi connectivity index (χ2n) is 6.49. The highest BCUT2D eigenvalue weighted by atomic mass is 79.9. The molecule has 29 heavy (non-hydrogen) atoms. The smallest absolute Gasteiger partial charge is 0.359 e. The molecule has 3 aromatic rings. The molecule has 0 atom stereocenters. The van der Waals surface area contributed by atoms with E-state index >= 15 is 0 Å². The summed E-state index contributed by atoms with van der Waals surface area (Å²) < 4.78 is 20.6. The van der Waals surface area contributed by atoms with Gasteiger partial charge in [0.2, 0.25) is 0 Å². The lowest BCUT2D eigenvalue weighted by molar-refractivity contribution is -0.119. The molecular formula is C20H17BrFN3O4. The molecule has 1 amide bonds. The maximum Gasteiger partial charge on any atom is 0.359 e. The minimum atomic E-state index is -0.859.